The molecule has 0 spiro atoms. The molecule has 4 atom stereocenters. The van der Waals surface area contributed by atoms with Gasteiger partial charge in [0.15, 0.2) is 23.2 Å². The number of ether oxygens (including phenoxy) is 2. The number of fused-ring (bicyclic) bond motifs is 1. The molecule has 3 aromatic rings. The molecule has 0 radical (unpaired) electrons. The highest BCUT2D eigenvalue weighted by atomic mass is 16.6. The number of imidazole rings is 1. The predicted octanol–water partition coefficient (Wildman–Crippen LogP) is 0.255. The number of aliphatic hydroxyl groups is 3. The van der Waals surface area contributed by atoms with Crippen LogP contribution < -0.4 is 15.9 Å². The van der Waals surface area contributed by atoms with Crippen molar-refractivity contribution in [3.05, 3.63) is 36.2 Å². The van der Waals surface area contributed by atoms with E-state index in [9.17, 15) is 15.3 Å². The van der Waals surface area contributed by atoms with Crippen molar-refractivity contribution in [1.82, 2.24) is 19.5 Å². The van der Waals surface area contributed by atoms with Crippen molar-refractivity contribution < 1.29 is 24.8 Å². The average molecular weight is 443 g/mol. The van der Waals surface area contributed by atoms with Gasteiger partial charge in [-0.15, -0.1) is 0 Å². The molecule has 170 valence electrons. The zero-order valence-electron chi connectivity index (χ0n) is 17.4. The fourth-order valence-corrected chi connectivity index (χ4v) is 3.41. The number of hydrogen-bond donors (Lipinski definition) is 5. The second kappa shape index (κ2) is 9.44. The summed E-state index contributed by atoms with van der Waals surface area (Å²) in [5.74, 6) is 1.03. The van der Waals surface area contributed by atoms with Crippen LogP contribution in [0.5, 0.6) is 5.75 Å². The van der Waals surface area contributed by atoms with Crippen molar-refractivity contribution in [2.75, 3.05) is 24.4 Å². The van der Waals surface area contributed by atoms with Gasteiger partial charge >= 0.3 is 0 Å². The van der Waals surface area contributed by atoms with Gasteiger partial charge in [0.2, 0.25) is 5.95 Å². The molecule has 0 amide bonds. The van der Waals surface area contributed by atoms with Gasteiger partial charge in [-0.1, -0.05) is 19.1 Å². The smallest absolute Gasteiger partial charge is 0.228 e. The lowest BCUT2D eigenvalue weighted by Gasteiger charge is -2.18. The van der Waals surface area contributed by atoms with Crippen LogP contribution in [0.3, 0.4) is 0 Å². The van der Waals surface area contributed by atoms with Crippen LogP contribution in [0.15, 0.2) is 35.7 Å². The Balaban J connectivity index is 1.64. The minimum atomic E-state index is -1.34. The van der Waals surface area contributed by atoms with Crippen LogP contribution in [0.4, 0.5) is 11.8 Å². The summed E-state index contributed by atoms with van der Waals surface area (Å²) >= 11 is 0. The minimum Gasteiger partial charge on any atom is -0.494 e. The lowest BCUT2D eigenvalue weighted by Crippen LogP contribution is -2.33. The van der Waals surface area contributed by atoms with Gasteiger partial charge in [-0.25, -0.2) is 20.4 Å². The minimum absolute atomic E-state index is 0.133. The summed E-state index contributed by atoms with van der Waals surface area (Å²) in [5, 5.41) is 34.3. The maximum atomic E-state index is 10.5. The summed E-state index contributed by atoms with van der Waals surface area (Å²) in [6.45, 7) is 2.19. The Bertz CT molecular complexity index is 1110. The Morgan fingerprint density at radius 1 is 1.31 bits per heavy atom. The quantitative estimate of drug-likeness (QED) is 0.240. The predicted molar refractivity (Wildman–Crippen MR) is 116 cm³/mol. The highest BCUT2D eigenvalue weighted by Crippen LogP contribution is 2.35. The number of hydrazone groups is 1. The zero-order chi connectivity index (χ0) is 22.7. The molecule has 1 fully saturated rings. The molecule has 6 N–H and O–H groups in total. The van der Waals surface area contributed by atoms with E-state index in [1.54, 1.807) is 6.21 Å². The second-order valence-corrected chi connectivity index (χ2v) is 7.26. The second-order valence-electron chi connectivity index (χ2n) is 7.26. The number of nitrogen functional groups attached to an aromatic ring is 1. The summed E-state index contributed by atoms with van der Waals surface area (Å²) in [6, 6.07) is 7.43. The normalized spacial score (nSPS) is 23.2. The van der Waals surface area contributed by atoms with E-state index in [-0.39, 0.29) is 22.9 Å². The van der Waals surface area contributed by atoms with Gasteiger partial charge in [0.25, 0.3) is 0 Å². The molecule has 0 saturated carbocycles. The highest BCUT2D eigenvalue weighted by molar-refractivity contribution is 5.84. The molecule has 1 saturated heterocycles. The van der Waals surface area contributed by atoms with Crippen LogP contribution >= 0.6 is 0 Å². The van der Waals surface area contributed by atoms with Crippen molar-refractivity contribution in [2.45, 2.75) is 37.9 Å². The van der Waals surface area contributed by atoms with Crippen molar-refractivity contribution in [3.8, 4) is 5.75 Å². The van der Waals surface area contributed by atoms with Crippen LogP contribution in [0.25, 0.3) is 11.2 Å². The molecule has 12 nitrogen and oxygen atoms in total. The molecule has 0 bridgehead atoms. The fraction of sp³-hybridized carbons (Fsp3) is 0.400. The van der Waals surface area contributed by atoms with E-state index in [4.69, 9.17) is 15.2 Å². The first kappa shape index (κ1) is 21.9. The van der Waals surface area contributed by atoms with Gasteiger partial charge in [0.05, 0.1) is 19.4 Å². The SMILES string of the molecule is CCCOc1cccc(/C=N/Nc2nc3c(N)ncnc3n2C2OC(CO)C(O)C2O)c1. The Labute approximate surface area is 183 Å². The van der Waals surface area contributed by atoms with E-state index < -0.39 is 31.1 Å². The number of benzene rings is 1. The monoisotopic (exact) mass is 443 g/mol. The van der Waals surface area contributed by atoms with E-state index in [1.165, 1.54) is 10.9 Å². The summed E-state index contributed by atoms with van der Waals surface area (Å²) in [6.07, 6.45) is -0.926. The lowest BCUT2D eigenvalue weighted by atomic mass is 10.1. The number of anilines is 2. The van der Waals surface area contributed by atoms with Gasteiger partial charge in [-0.3, -0.25) is 4.57 Å². The Hall–Kier alpha value is -3.32. The largest absolute Gasteiger partial charge is 0.494 e. The third kappa shape index (κ3) is 4.21. The van der Waals surface area contributed by atoms with Crippen LogP contribution in [-0.2, 0) is 4.74 Å². The van der Waals surface area contributed by atoms with Crippen molar-refractivity contribution in [3.63, 3.8) is 0 Å². The molecular formula is C20H25N7O5. The number of aliphatic hydroxyl groups excluding tert-OH is 3. The molecule has 1 aliphatic rings. The maximum Gasteiger partial charge on any atom is 0.228 e. The van der Waals surface area contributed by atoms with Gasteiger partial charge in [0.1, 0.15) is 30.4 Å². The van der Waals surface area contributed by atoms with Crippen LogP contribution in [0, 0.1) is 0 Å². The van der Waals surface area contributed by atoms with Crippen molar-refractivity contribution in [1.29, 1.82) is 0 Å². The Kier molecular flexibility index (Phi) is 6.46. The van der Waals surface area contributed by atoms with Crippen LogP contribution in [0.2, 0.25) is 0 Å². The van der Waals surface area contributed by atoms with Gasteiger partial charge in [0, 0.05) is 0 Å². The maximum absolute atomic E-state index is 10.5. The number of nitrogens with one attached hydrogen (secondary N) is 1. The first-order valence-corrected chi connectivity index (χ1v) is 10.2. The van der Waals surface area contributed by atoms with Gasteiger partial charge in [-0.05, 0) is 24.1 Å². The molecule has 0 aliphatic carbocycles. The molecule has 3 heterocycles. The molecule has 4 unspecified atom stereocenters. The fourth-order valence-electron chi connectivity index (χ4n) is 3.41. The summed E-state index contributed by atoms with van der Waals surface area (Å²) in [4.78, 5) is 12.5. The number of rotatable bonds is 8. The molecule has 4 rings (SSSR count). The number of nitrogens with two attached hydrogens (primary N) is 1. The topological polar surface area (TPSA) is 173 Å². The first-order valence-electron chi connectivity index (χ1n) is 10.2. The van der Waals surface area contributed by atoms with Crippen LogP contribution in [0.1, 0.15) is 25.1 Å². The summed E-state index contributed by atoms with van der Waals surface area (Å²) in [5.41, 5.74) is 10.1. The zero-order valence-corrected chi connectivity index (χ0v) is 17.4. The van der Waals surface area contributed by atoms with E-state index >= 15 is 0 Å². The van der Waals surface area contributed by atoms with Crippen molar-refractivity contribution in [2.24, 2.45) is 5.10 Å². The first-order chi connectivity index (χ1) is 15.5. The van der Waals surface area contributed by atoms with Gasteiger partial charge in [-0.2, -0.15) is 5.10 Å². The molecule has 2 aromatic heterocycles. The van der Waals surface area contributed by atoms with E-state index in [2.05, 4.69) is 25.5 Å². The van der Waals surface area contributed by atoms with E-state index in [0.29, 0.717) is 6.61 Å². The lowest BCUT2D eigenvalue weighted by molar-refractivity contribution is -0.0501. The summed E-state index contributed by atoms with van der Waals surface area (Å²) < 4.78 is 12.7. The molecule has 1 aliphatic heterocycles. The number of nitrogens with zero attached hydrogens (tertiary/aromatic N) is 5. The third-order valence-corrected chi connectivity index (χ3v) is 4.99. The number of hydrogen-bond acceptors (Lipinski definition) is 11. The number of aromatic nitrogens is 4. The third-order valence-electron chi connectivity index (χ3n) is 4.99. The van der Waals surface area contributed by atoms with E-state index in [0.717, 1.165) is 17.7 Å². The van der Waals surface area contributed by atoms with Crippen LogP contribution in [-0.4, -0.2) is 72.6 Å². The molecule has 32 heavy (non-hydrogen) atoms. The Morgan fingerprint density at radius 3 is 2.91 bits per heavy atom. The molecule has 12 heteroatoms. The molecular weight excluding hydrogens is 418 g/mol. The molecule has 1 aromatic carbocycles. The average Bonchev–Trinajstić information content (AvgIpc) is 3.30. The Morgan fingerprint density at radius 2 is 2.16 bits per heavy atom. The standard InChI is InChI=1S/C20H25N7O5/c1-2-6-31-12-5-3-4-11(7-12)8-24-26-20-25-14-17(21)22-10-23-18(14)27(20)19-16(30)15(29)13(9-28)32-19/h3-5,7-8,10,13,15-16,19,28-30H,2,6,9H2,1H3,(H,25,26)(H2,21,22,23)/b24-8+. The van der Waals surface area contributed by atoms with E-state index in [1.807, 2.05) is 31.2 Å². The summed E-state index contributed by atoms with van der Waals surface area (Å²) in [7, 11) is 0. The highest BCUT2D eigenvalue weighted by Gasteiger charge is 2.45. The van der Waals surface area contributed by atoms with Crippen molar-refractivity contribution >= 4 is 29.1 Å². The van der Waals surface area contributed by atoms with Gasteiger partial charge < -0.3 is 30.5 Å².